The van der Waals surface area contributed by atoms with Crippen molar-refractivity contribution in [3.8, 4) is 5.69 Å². The Kier molecular flexibility index (Phi) is 8.03. The van der Waals surface area contributed by atoms with Crippen LogP contribution in [0.25, 0.3) is 16.7 Å². The lowest BCUT2D eigenvalue weighted by Gasteiger charge is -2.34. The van der Waals surface area contributed by atoms with Crippen LogP contribution in [-0.2, 0) is 17.8 Å². The highest BCUT2D eigenvalue weighted by Gasteiger charge is 2.41. The Morgan fingerprint density at radius 3 is 2.52 bits per heavy atom. The molecule has 0 radical (unpaired) electrons. The number of fused-ring (bicyclic) bond motifs is 1. The summed E-state index contributed by atoms with van der Waals surface area (Å²) in [5.74, 6) is -1.04. The number of pyridine rings is 1. The van der Waals surface area contributed by atoms with E-state index in [-0.39, 0.29) is 43.4 Å². The van der Waals surface area contributed by atoms with E-state index in [0.717, 1.165) is 0 Å². The third-order valence-corrected chi connectivity index (χ3v) is 7.43. The van der Waals surface area contributed by atoms with Gasteiger partial charge in [0.05, 0.1) is 24.6 Å². The van der Waals surface area contributed by atoms with Crippen LogP contribution >= 0.6 is 0 Å². The maximum absolute atomic E-state index is 15.1. The van der Waals surface area contributed by atoms with E-state index in [0.29, 0.717) is 55.3 Å². The zero-order chi connectivity index (χ0) is 29.3. The third kappa shape index (κ3) is 6.36. The van der Waals surface area contributed by atoms with Crippen LogP contribution < -0.4 is 10.6 Å². The van der Waals surface area contributed by atoms with Gasteiger partial charge in [0.2, 0.25) is 5.95 Å². The number of aromatic nitrogens is 4. The molecule has 1 aromatic carbocycles. The molecule has 0 spiro atoms. The van der Waals surface area contributed by atoms with Gasteiger partial charge in [0.25, 0.3) is 0 Å². The highest BCUT2D eigenvalue weighted by atomic mass is 19.4. The molecule has 2 fully saturated rings. The van der Waals surface area contributed by atoms with Crippen LogP contribution in [0.3, 0.4) is 0 Å². The van der Waals surface area contributed by atoms with Gasteiger partial charge in [0.1, 0.15) is 23.3 Å². The number of hydrogen-bond acceptors (Lipinski definition) is 8. The van der Waals surface area contributed by atoms with Crippen molar-refractivity contribution in [2.45, 2.75) is 25.3 Å². The third-order valence-electron chi connectivity index (χ3n) is 7.43. The quantitative estimate of drug-likeness (QED) is 0.314. The topological polar surface area (TPSA) is 83.4 Å². The largest absolute Gasteiger partial charge is 0.405 e. The molecule has 9 nitrogen and oxygen atoms in total. The van der Waals surface area contributed by atoms with Crippen LogP contribution in [-0.4, -0.2) is 87.5 Å². The number of morpholine rings is 1. The SMILES string of the molecule is Fc1cc(-n2ccc3cnc(Nc4ccnc(CN5CCNC(C(F)(F)F)C5)c4)nc32)cc(F)c1CN1CCOCC1. The van der Waals surface area contributed by atoms with Crippen LogP contribution in [0.4, 0.5) is 33.6 Å². The van der Waals surface area contributed by atoms with Crippen molar-refractivity contribution in [2.75, 3.05) is 51.3 Å². The summed E-state index contributed by atoms with van der Waals surface area (Å²) in [5, 5.41) is 6.28. The molecule has 5 heterocycles. The van der Waals surface area contributed by atoms with Crippen LogP contribution in [0, 0.1) is 11.6 Å². The van der Waals surface area contributed by atoms with Gasteiger partial charge in [-0.05, 0) is 30.3 Å². The predicted octanol–water partition coefficient (Wildman–Crippen LogP) is 4.01. The normalized spacial score (nSPS) is 18.9. The van der Waals surface area contributed by atoms with Gasteiger partial charge >= 0.3 is 6.18 Å². The summed E-state index contributed by atoms with van der Waals surface area (Å²) >= 11 is 0. The Bertz CT molecular complexity index is 1530. The second kappa shape index (κ2) is 11.9. The molecule has 0 saturated carbocycles. The predicted molar refractivity (Wildman–Crippen MR) is 146 cm³/mol. The molecule has 222 valence electrons. The number of nitrogens with zero attached hydrogens (tertiary/aromatic N) is 6. The van der Waals surface area contributed by atoms with E-state index < -0.39 is 23.9 Å². The van der Waals surface area contributed by atoms with Crippen LogP contribution in [0.1, 0.15) is 11.3 Å². The van der Waals surface area contributed by atoms with Crippen molar-refractivity contribution in [3.63, 3.8) is 0 Å². The van der Waals surface area contributed by atoms with Gasteiger partial charge in [-0.15, -0.1) is 0 Å². The van der Waals surface area contributed by atoms with E-state index >= 15 is 8.78 Å². The highest BCUT2D eigenvalue weighted by molar-refractivity contribution is 5.78. The standard InChI is InChI=1S/C28H29F5N8O/c29-23-12-21(13-24(30)22(23)16-39-7-9-42-10-8-39)41-5-2-18-14-36-27(38-26(18)41)37-19-1-3-34-20(11-19)15-40-6-4-35-25(17-40)28(31,32)33/h1-3,5,11-14,25,35H,4,6-10,15-17H2,(H,34,36,37,38). The van der Waals surface area contributed by atoms with Crippen molar-refractivity contribution in [1.29, 1.82) is 0 Å². The first kappa shape index (κ1) is 28.4. The molecule has 0 aliphatic carbocycles. The van der Waals surface area contributed by atoms with Gasteiger partial charge in [-0.1, -0.05) is 0 Å². The molecular weight excluding hydrogens is 559 g/mol. The second-order valence-corrected chi connectivity index (χ2v) is 10.4. The number of nitrogens with one attached hydrogen (secondary N) is 2. The van der Waals surface area contributed by atoms with E-state index in [4.69, 9.17) is 4.74 Å². The molecule has 4 aromatic rings. The van der Waals surface area contributed by atoms with Crippen LogP contribution in [0.15, 0.2) is 48.9 Å². The number of ether oxygens (including phenoxy) is 1. The fraction of sp³-hybridized carbons (Fsp3) is 0.393. The van der Waals surface area contributed by atoms with Crippen molar-refractivity contribution in [2.24, 2.45) is 0 Å². The number of rotatable bonds is 7. The monoisotopic (exact) mass is 588 g/mol. The molecule has 6 rings (SSSR count). The lowest BCUT2D eigenvalue weighted by molar-refractivity contribution is -0.165. The molecule has 2 aliphatic rings. The molecule has 2 saturated heterocycles. The van der Waals surface area contributed by atoms with Crippen LogP contribution in [0.2, 0.25) is 0 Å². The maximum Gasteiger partial charge on any atom is 0.405 e. The molecule has 14 heteroatoms. The molecule has 2 N–H and O–H groups in total. The first-order valence-electron chi connectivity index (χ1n) is 13.6. The summed E-state index contributed by atoms with van der Waals surface area (Å²) < 4.78 is 76.5. The second-order valence-electron chi connectivity index (χ2n) is 10.4. The maximum atomic E-state index is 15.1. The Morgan fingerprint density at radius 1 is 0.976 bits per heavy atom. The smallest absolute Gasteiger partial charge is 0.379 e. The fourth-order valence-electron chi connectivity index (χ4n) is 5.22. The summed E-state index contributed by atoms with van der Waals surface area (Å²) in [6, 6.07) is 6.19. The van der Waals surface area contributed by atoms with Gasteiger partial charge in [0.15, 0.2) is 0 Å². The minimum atomic E-state index is -4.31. The fourth-order valence-corrected chi connectivity index (χ4v) is 5.22. The lowest BCUT2D eigenvalue weighted by atomic mass is 10.1. The molecule has 1 unspecified atom stereocenters. The minimum Gasteiger partial charge on any atom is -0.379 e. The number of hydrogen-bond donors (Lipinski definition) is 2. The van der Waals surface area contributed by atoms with Gasteiger partial charge in [0, 0.05) is 81.0 Å². The molecular formula is C28H29F5N8O. The van der Waals surface area contributed by atoms with E-state index in [1.165, 1.54) is 12.1 Å². The van der Waals surface area contributed by atoms with Crippen molar-refractivity contribution < 1.29 is 26.7 Å². The summed E-state index contributed by atoms with van der Waals surface area (Å²) in [7, 11) is 0. The van der Waals surface area contributed by atoms with Crippen molar-refractivity contribution in [1.82, 2.24) is 34.6 Å². The summed E-state index contributed by atoms with van der Waals surface area (Å²) in [5.41, 5.74) is 1.94. The van der Waals surface area contributed by atoms with Crippen molar-refractivity contribution in [3.05, 3.63) is 71.8 Å². The summed E-state index contributed by atoms with van der Waals surface area (Å²) in [6.07, 6.45) is 0.518. The van der Waals surface area contributed by atoms with E-state index in [1.54, 1.807) is 46.3 Å². The van der Waals surface area contributed by atoms with E-state index in [2.05, 4.69) is 25.6 Å². The average Bonchev–Trinajstić information content (AvgIpc) is 3.39. The Labute approximate surface area is 238 Å². The Balaban J connectivity index is 1.19. The first-order valence-corrected chi connectivity index (χ1v) is 13.6. The molecule has 1 atom stereocenters. The first-order chi connectivity index (χ1) is 20.2. The Morgan fingerprint density at radius 2 is 1.76 bits per heavy atom. The summed E-state index contributed by atoms with van der Waals surface area (Å²) in [4.78, 5) is 16.9. The number of anilines is 2. The van der Waals surface area contributed by atoms with Gasteiger partial charge in [-0.3, -0.25) is 14.8 Å². The molecule has 3 aromatic heterocycles. The minimum absolute atomic E-state index is 0.0114. The molecule has 0 amide bonds. The molecule has 42 heavy (non-hydrogen) atoms. The zero-order valence-corrected chi connectivity index (χ0v) is 22.5. The number of benzene rings is 1. The number of halogens is 5. The van der Waals surface area contributed by atoms with Gasteiger partial charge in [-0.2, -0.15) is 18.2 Å². The van der Waals surface area contributed by atoms with Gasteiger partial charge in [-0.25, -0.2) is 13.8 Å². The van der Waals surface area contributed by atoms with E-state index in [1.807, 2.05) is 4.90 Å². The van der Waals surface area contributed by atoms with Gasteiger partial charge < -0.3 is 19.9 Å². The van der Waals surface area contributed by atoms with E-state index in [9.17, 15) is 13.2 Å². The van der Waals surface area contributed by atoms with Crippen LogP contribution in [0.5, 0.6) is 0 Å². The molecule has 2 aliphatic heterocycles. The highest BCUT2D eigenvalue weighted by Crippen LogP contribution is 2.26. The molecule has 0 bridgehead atoms. The van der Waals surface area contributed by atoms with Crippen molar-refractivity contribution >= 4 is 22.7 Å². The summed E-state index contributed by atoms with van der Waals surface area (Å²) in [6.45, 7) is 3.26. The number of alkyl halides is 3. The lowest BCUT2D eigenvalue weighted by Crippen LogP contribution is -2.56. The number of piperazine rings is 1. The average molecular weight is 589 g/mol. The zero-order valence-electron chi connectivity index (χ0n) is 22.5. The Hall–Kier alpha value is -3.72.